The fourth-order valence-corrected chi connectivity index (χ4v) is 4.45. The lowest BCUT2D eigenvalue weighted by Crippen LogP contribution is -2.03. The quantitative estimate of drug-likeness (QED) is 0.454. The molecule has 0 aliphatic rings. The molecular weight excluding hydrogens is 364 g/mol. The molecule has 0 saturated carbocycles. The molecule has 3 aromatic heterocycles. The Morgan fingerprint density at radius 2 is 1.75 bits per heavy atom. The van der Waals surface area contributed by atoms with Crippen LogP contribution in [0.4, 0.5) is 5.95 Å². The Bertz CT molecular complexity index is 1310. The van der Waals surface area contributed by atoms with E-state index in [1.54, 1.807) is 11.3 Å². The number of hydrogen-bond acceptors (Lipinski definition) is 5. The summed E-state index contributed by atoms with van der Waals surface area (Å²) in [6, 6.07) is 23.0. The summed E-state index contributed by atoms with van der Waals surface area (Å²) in [5, 5.41) is 1.25. The van der Waals surface area contributed by atoms with Gasteiger partial charge in [-0.25, -0.2) is 15.0 Å². The van der Waals surface area contributed by atoms with Crippen molar-refractivity contribution in [1.29, 1.82) is 0 Å². The number of thiophene rings is 1. The van der Waals surface area contributed by atoms with Crippen LogP contribution >= 0.6 is 11.3 Å². The number of nitrogens with two attached hydrogens (primary N) is 1. The Morgan fingerprint density at radius 1 is 0.893 bits per heavy atom. The van der Waals surface area contributed by atoms with Gasteiger partial charge < -0.3 is 5.73 Å². The Hall–Kier alpha value is -3.31. The van der Waals surface area contributed by atoms with Crippen molar-refractivity contribution in [3.63, 3.8) is 0 Å². The largest absolute Gasteiger partial charge is 0.368 e. The number of nitrogen functional groups attached to an aromatic ring is 1. The SMILES string of the molecule is Cc1ccc2sc(-c3ccc4nc(N)nc(Cc5ccccc5)c4n3)cc2c1. The summed E-state index contributed by atoms with van der Waals surface area (Å²) in [5.74, 6) is 0.283. The third-order valence-electron chi connectivity index (χ3n) is 4.77. The van der Waals surface area contributed by atoms with Crippen molar-refractivity contribution < 1.29 is 0 Å². The minimum absolute atomic E-state index is 0.283. The third kappa shape index (κ3) is 3.10. The van der Waals surface area contributed by atoms with Gasteiger partial charge in [0.1, 0.15) is 5.52 Å². The van der Waals surface area contributed by atoms with Crippen molar-refractivity contribution >= 4 is 38.4 Å². The molecule has 0 spiro atoms. The summed E-state index contributed by atoms with van der Waals surface area (Å²) in [7, 11) is 0. The predicted octanol–water partition coefficient (Wildman–Crippen LogP) is 5.39. The van der Waals surface area contributed by atoms with Gasteiger partial charge in [-0.3, -0.25) is 0 Å². The smallest absolute Gasteiger partial charge is 0.220 e. The summed E-state index contributed by atoms with van der Waals surface area (Å²) < 4.78 is 1.26. The van der Waals surface area contributed by atoms with E-state index < -0.39 is 0 Å². The number of pyridine rings is 1. The van der Waals surface area contributed by atoms with Crippen LogP contribution in [0.3, 0.4) is 0 Å². The summed E-state index contributed by atoms with van der Waals surface area (Å²) in [5.41, 5.74) is 11.8. The minimum Gasteiger partial charge on any atom is -0.368 e. The number of benzene rings is 2. The minimum atomic E-state index is 0.283. The third-order valence-corrected chi connectivity index (χ3v) is 5.91. The van der Waals surface area contributed by atoms with E-state index in [0.717, 1.165) is 27.3 Å². The normalized spacial score (nSPS) is 11.3. The standard InChI is InChI=1S/C23H18N4S/c1-14-7-10-20-16(11-14)13-21(28-20)17-8-9-18-22(25-17)19(27-23(24)26-18)12-15-5-3-2-4-6-15/h2-11,13H,12H2,1H3,(H2,24,26,27). The lowest BCUT2D eigenvalue weighted by atomic mass is 10.1. The molecule has 5 rings (SSSR count). The summed E-state index contributed by atoms with van der Waals surface area (Å²) in [6.07, 6.45) is 0.673. The molecule has 2 aromatic carbocycles. The molecular formula is C23H18N4S. The second-order valence-corrected chi connectivity index (χ2v) is 7.99. The van der Waals surface area contributed by atoms with Gasteiger partial charge in [0.05, 0.1) is 21.8 Å². The number of aromatic nitrogens is 3. The van der Waals surface area contributed by atoms with Crippen LogP contribution in [-0.2, 0) is 6.42 Å². The van der Waals surface area contributed by atoms with Crippen molar-refractivity contribution in [3.8, 4) is 10.6 Å². The van der Waals surface area contributed by atoms with Crippen LogP contribution in [0.25, 0.3) is 31.7 Å². The van der Waals surface area contributed by atoms with Crippen molar-refractivity contribution in [1.82, 2.24) is 15.0 Å². The molecule has 0 unspecified atom stereocenters. The van der Waals surface area contributed by atoms with Gasteiger partial charge in [0.15, 0.2) is 0 Å². The highest BCUT2D eigenvalue weighted by molar-refractivity contribution is 7.22. The number of aryl methyl sites for hydroxylation is 1. The second-order valence-electron chi connectivity index (χ2n) is 6.91. The average Bonchev–Trinajstić information content (AvgIpc) is 3.11. The van der Waals surface area contributed by atoms with Crippen LogP contribution in [0.1, 0.15) is 16.8 Å². The molecule has 2 N–H and O–H groups in total. The second kappa shape index (κ2) is 6.69. The van der Waals surface area contributed by atoms with Crippen molar-refractivity contribution in [2.75, 3.05) is 5.73 Å². The number of rotatable bonds is 3. The van der Waals surface area contributed by atoms with E-state index >= 15 is 0 Å². The Balaban J connectivity index is 1.64. The number of hydrogen-bond donors (Lipinski definition) is 1. The molecule has 0 aliphatic heterocycles. The molecule has 0 atom stereocenters. The van der Waals surface area contributed by atoms with Gasteiger partial charge in [-0.15, -0.1) is 11.3 Å². The first kappa shape index (κ1) is 16.8. The number of nitrogens with zero attached hydrogens (tertiary/aromatic N) is 3. The molecule has 5 aromatic rings. The lowest BCUT2D eigenvalue weighted by molar-refractivity contribution is 1.06. The van der Waals surface area contributed by atoms with Crippen LogP contribution in [0.15, 0.2) is 66.7 Å². The fourth-order valence-electron chi connectivity index (χ4n) is 3.43. The van der Waals surface area contributed by atoms with Crippen molar-refractivity contribution in [3.05, 3.63) is 83.6 Å². The maximum Gasteiger partial charge on any atom is 0.220 e. The first-order valence-corrected chi connectivity index (χ1v) is 9.95. The first-order chi connectivity index (χ1) is 13.7. The molecule has 0 amide bonds. The van der Waals surface area contributed by atoms with E-state index in [1.807, 2.05) is 30.3 Å². The molecule has 28 heavy (non-hydrogen) atoms. The summed E-state index contributed by atoms with van der Waals surface area (Å²) in [4.78, 5) is 14.9. The van der Waals surface area contributed by atoms with Gasteiger partial charge in [-0.05, 0) is 42.1 Å². The molecule has 0 fully saturated rings. The summed E-state index contributed by atoms with van der Waals surface area (Å²) in [6.45, 7) is 2.11. The van der Waals surface area contributed by atoms with Gasteiger partial charge in [-0.2, -0.15) is 0 Å². The van der Waals surface area contributed by atoms with E-state index in [4.69, 9.17) is 10.7 Å². The van der Waals surface area contributed by atoms with Crippen LogP contribution in [0.5, 0.6) is 0 Å². The zero-order valence-electron chi connectivity index (χ0n) is 15.4. The average molecular weight is 382 g/mol. The van der Waals surface area contributed by atoms with Crippen LogP contribution in [0, 0.1) is 6.92 Å². The molecule has 5 heteroatoms. The van der Waals surface area contributed by atoms with Crippen molar-refractivity contribution in [2.45, 2.75) is 13.3 Å². The maximum atomic E-state index is 5.94. The first-order valence-electron chi connectivity index (χ1n) is 9.13. The molecule has 3 heterocycles. The van der Waals surface area contributed by atoms with E-state index in [2.05, 4.69) is 53.3 Å². The maximum absolute atomic E-state index is 5.94. The monoisotopic (exact) mass is 382 g/mol. The number of fused-ring (bicyclic) bond motifs is 2. The Labute approximate surface area is 166 Å². The molecule has 136 valence electrons. The summed E-state index contributed by atoms with van der Waals surface area (Å²) >= 11 is 1.75. The van der Waals surface area contributed by atoms with Gasteiger partial charge in [0.25, 0.3) is 0 Å². The van der Waals surface area contributed by atoms with Crippen molar-refractivity contribution in [2.24, 2.45) is 0 Å². The highest BCUT2D eigenvalue weighted by Gasteiger charge is 2.12. The molecule has 0 aliphatic carbocycles. The topological polar surface area (TPSA) is 64.7 Å². The van der Waals surface area contributed by atoms with E-state index in [1.165, 1.54) is 21.2 Å². The highest BCUT2D eigenvalue weighted by atomic mass is 32.1. The Kier molecular flexibility index (Phi) is 4.02. The van der Waals surface area contributed by atoms with E-state index in [9.17, 15) is 0 Å². The zero-order chi connectivity index (χ0) is 19.1. The van der Waals surface area contributed by atoms with Gasteiger partial charge in [0.2, 0.25) is 5.95 Å². The fraction of sp³-hybridized carbons (Fsp3) is 0.0870. The van der Waals surface area contributed by atoms with E-state index in [-0.39, 0.29) is 5.95 Å². The number of anilines is 1. The van der Waals surface area contributed by atoms with Crippen LogP contribution in [0.2, 0.25) is 0 Å². The molecule has 0 radical (unpaired) electrons. The van der Waals surface area contributed by atoms with Crippen LogP contribution in [-0.4, -0.2) is 15.0 Å². The highest BCUT2D eigenvalue weighted by Crippen LogP contribution is 2.34. The van der Waals surface area contributed by atoms with Crippen LogP contribution < -0.4 is 5.73 Å². The van der Waals surface area contributed by atoms with Gasteiger partial charge in [-0.1, -0.05) is 48.0 Å². The Morgan fingerprint density at radius 3 is 2.61 bits per heavy atom. The van der Waals surface area contributed by atoms with Gasteiger partial charge in [0, 0.05) is 11.1 Å². The lowest BCUT2D eigenvalue weighted by Gasteiger charge is -2.07. The zero-order valence-corrected chi connectivity index (χ0v) is 16.2. The molecule has 4 nitrogen and oxygen atoms in total. The molecule has 0 saturated heterocycles. The van der Waals surface area contributed by atoms with E-state index in [0.29, 0.717) is 6.42 Å². The van der Waals surface area contributed by atoms with Gasteiger partial charge >= 0.3 is 0 Å². The predicted molar refractivity (Wildman–Crippen MR) is 117 cm³/mol. The molecule has 0 bridgehead atoms.